The zero-order valence-corrected chi connectivity index (χ0v) is 13.8. The van der Waals surface area contributed by atoms with Gasteiger partial charge in [-0.25, -0.2) is 5.84 Å². The molecule has 1 saturated carbocycles. The second kappa shape index (κ2) is 6.89. The molecule has 0 spiro atoms. The summed E-state index contributed by atoms with van der Waals surface area (Å²) >= 11 is 5.97. The number of hydrogen-bond donors (Lipinski definition) is 2. The molecule has 5 nitrogen and oxygen atoms in total. The monoisotopic (exact) mass is 335 g/mol. The first-order chi connectivity index (χ1) is 11.1. The molecule has 3 rings (SSSR count). The van der Waals surface area contributed by atoms with E-state index < -0.39 is 0 Å². The lowest BCUT2D eigenvalue weighted by Crippen LogP contribution is -2.46. The van der Waals surface area contributed by atoms with E-state index in [1.807, 2.05) is 29.2 Å². The summed E-state index contributed by atoms with van der Waals surface area (Å²) in [7, 11) is 0. The number of piperidine rings is 1. The molecule has 1 aromatic carbocycles. The van der Waals surface area contributed by atoms with Crippen molar-refractivity contribution in [3.05, 3.63) is 34.9 Å². The summed E-state index contributed by atoms with van der Waals surface area (Å²) in [6, 6.07) is 7.80. The number of nitrogens with zero attached hydrogens (tertiary/aromatic N) is 1. The molecule has 1 saturated heterocycles. The van der Waals surface area contributed by atoms with Crippen LogP contribution < -0.4 is 11.3 Å². The molecule has 0 aromatic heterocycles. The predicted octanol–water partition coefficient (Wildman–Crippen LogP) is 2.41. The number of amides is 2. The third kappa shape index (κ3) is 3.85. The normalized spacial score (nSPS) is 24.6. The Morgan fingerprint density at radius 2 is 1.91 bits per heavy atom. The van der Waals surface area contributed by atoms with Gasteiger partial charge in [0.05, 0.1) is 6.04 Å². The lowest BCUT2D eigenvalue weighted by Gasteiger charge is -2.39. The number of likely N-dealkylation sites (tertiary alicyclic amines) is 1. The van der Waals surface area contributed by atoms with Crippen molar-refractivity contribution < 1.29 is 9.59 Å². The Bertz CT molecular complexity index is 586. The molecule has 0 radical (unpaired) electrons. The van der Waals surface area contributed by atoms with Crippen LogP contribution in [0.1, 0.15) is 43.7 Å². The first kappa shape index (κ1) is 16.3. The number of hydrogen-bond acceptors (Lipinski definition) is 3. The molecule has 2 atom stereocenters. The molecule has 2 fully saturated rings. The van der Waals surface area contributed by atoms with Gasteiger partial charge in [0.25, 0.3) is 0 Å². The van der Waals surface area contributed by atoms with Crippen LogP contribution in [-0.2, 0) is 9.59 Å². The highest BCUT2D eigenvalue weighted by Gasteiger charge is 2.39. The predicted molar refractivity (Wildman–Crippen MR) is 88.3 cm³/mol. The molecule has 124 valence electrons. The number of nitrogens with one attached hydrogen (secondary N) is 1. The molecule has 1 aliphatic carbocycles. The van der Waals surface area contributed by atoms with Gasteiger partial charge >= 0.3 is 0 Å². The van der Waals surface area contributed by atoms with Gasteiger partial charge in [-0.3, -0.25) is 15.0 Å². The maximum absolute atomic E-state index is 12.9. The fourth-order valence-electron chi connectivity index (χ4n) is 3.33. The minimum Gasteiger partial charge on any atom is -0.335 e. The Kier molecular flexibility index (Phi) is 4.87. The van der Waals surface area contributed by atoms with Crippen molar-refractivity contribution in [2.75, 3.05) is 6.54 Å². The molecule has 1 aliphatic heterocycles. The van der Waals surface area contributed by atoms with Crippen molar-refractivity contribution >= 4 is 23.4 Å². The van der Waals surface area contributed by atoms with Crippen molar-refractivity contribution in [1.29, 1.82) is 0 Å². The molecule has 1 unspecified atom stereocenters. The molecular formula is C17H22ClN3O2. The number of halogens is 1. The topological polar surface area (TPSA) is 75.4 Å². The third-order valence-corrected chi connectivity index (χ3v) is 5.05. The molecule has 0 bridgehead atoms. The highest BCUT2D eigenvalue weighted by Crippen LogP contribution is 2.39. The van der Waals surface area contributed by atoms with E-state index in [9.17, 15) is 9.59 Å². The zero-order chi connectivity index (χ0) is 16.4. The van der Waals surface area contributed by atoms with Crippen LogP contribution in [-0.4, -0.2) is 23.3 Å². The SMILES string of the molecule is NNC(=O)CC1CC[C@@H](c2ccc(Cl)cc2)N(CC2CC2)C1=O. The number of rotatable bonds is 5. The van der Waals surface area contributed by atoms with Crippen LogP contribution in [0.4, 0.5) is 0 Å². The maximum Gasteiger partial charge on any atom is 0.234 e. The zero-order valence-electron chi connectivity index (χ0n) is 13.0. The Morgan fingerprint density at radius 1 is 1.22 bits per heavy atom. The van der Waals surface area contributed by atoms with Gasteiger partial charge in [-0.1, -0.05) is 23.7 Å². The minimum atomic E-state index is -0.278. The van der Waals surface area contributed by atoms with E-state index in [-0.39, 0.29) is 30.2 Å². The largest absolute Gasteiger partial charge is 0.335 e. The smallest absolute Gasteiger partial charge is 0.234 e. The summed E-state index contributed by atoms with van der Waals surface area (Å²) in [5.74, 6) is 5.30. The van der Waals surface area contributed by atoms with Crippen molar-refractivity contribution in [1.82, 2.24) is 10.3 Å². The molecule has 2 aliphatic rings. The van der Waals surface area contributed by atoms with E-state index in [0.29, 0.717) is 17.4 Å². The van der Waals surface area contributed by atoms with Crippen LogP contribution in [0.15, 0.2) is 24.3 Å². The first-order valence-electron chi connectivity index (χ1n) is 8.14. The fraction of sp³-hybridized carbons (Fsp3) is 0.529. The molecular weight excluding hydrogens is 314 g/mol. The lowest BCUT2D eigenvalue weighted by molar-refractivity contribution is -0.145. The van der Waals surface area contributed by atoms with Crippen molar-refractivity contribution in [3.8, 4) is 0 Å². The number of hydrazine groups is 1. The Balaban J connectivity index is 1.78. The third-order valence-electron chi connectivity index (χ3n) is 4.80. The van der Waals surface area contributed by atoms with Crippen LogP contribution >= 0.6 is 11.6 Å². The van der Waals surface area contributed by atoms with Gasteiger partial charge in [0, 0.05) is 23.9 Å². The van der Waals surface area contributed by atoms with E-state index in [1.54, 1.807) is 0 Å². The van der Waals surface area contributed by atoms with Crippen molar-refractivity contribution in [3.63, 3.8) is 0 Å². The van der Waals surface area contributed by atoms with Gasteiger partial charge in [0.15, 0.2) is 0 Å². The average Bonchev–Trinajstić information content (AvgIpc) is 3.36. The van der Waals surface area contributed by atoms with Crippen LogP contribution in [0.5, 0.6) is 0 Å². The number of carbonyl (C=O) groups is 2. The van der Waals surface area contributed by atoms with E-state index in [4.69, 9.17) is 17.4 Å². The Morgan fingerprint density at radius 3 is 2.52 bits per heavy atom. The number of nitrogens with two attached hydrogens (primary N) is 1. The van der Waals surface area contributed by atoms with Crippen molar-refractivity contribution in [2.24, 2.45) is 17.7 Å². The van der Waals surface area contributed by atoms with Gasteiger partial charge in [0.2, 0.25) is 11.8 Å². The summed E-state index contributed by atoms with van der Waals surface area (Å²) in [4.78, 5) is 26.4. The van der Waals surface area contributed by atoms with Crippen LogP contribution in [0.2, 0.25) is 5.02 Å². The second-order valence-electron chi connectivity index (χ2n) is 6.55. The summed E-state index contributed by atoms with van der Waals surface area (Å²) < 4.78 is 0. The average molecular weight is 336 g/mol. The summed E-state index contributed by atoms with van der Waals surface area (Å²) in [6.45, 7) is 0.785. The summed E-state index contributed by atoms with van der Waals surface area (Å²) in [5.41, 5.74) is 3.24. The van der Waals surface area contributed by atoms with E-state index >= 15 is 0 Å². The van der Waals surface area contributed by atoms with Crippen molar-refractivity contribution in [2.45, 2.75) is 38.1 Å². The molecule has 6 heteroatoms. The highest BCUT2D eigenvalue weighted by atomic mass is 35.5. The van der Waals surface area contributed by atoms with Gasteiger partial charge < -0.3 is 4.90 Å². The molecule has 3 N–H and O–H groups in total. The second-order valence-corrected chi connectivity index (χ2v) is 6.98. The van der Waals surface area contributed by atoms with Crippen LogP contribution in [0, 0.1) is 11.8 Å². The fourth-order valence-corrected chi connectivity index (χ4v) is 3.45. The van der Waals surface area contributed by atoms with E-state index in [2.05, 4.69) is 5.43 Å². The van der Waals surface area contributed by atoms with E-state index in [1.165, 1.54) is 12.8 Å². The molecule has 1 heterocycles. The first-order valence-corrected chi connectivity index (χ1v) is 8.51. The lowest BCUT2D eigenvalue weighted by atomic mass is 9.86. The van der Waals surface area contributed by atoms with E-state index in [0.717, 1.165) is 18.5 Å². The van der Waals surface area contributed by atoms with Gasteiger partial charge in [-0.05, 0) is 49.3 Å². The molecule has 23 heavy (non-hydrogen) atoms. The Labute approximate surface area is 141 Å². The standard InChI is InChI=1S/C17H22ClN3O2/c18-14-6-3-12(4-7-14)15-8-5-13(9-16(22)20-19)17(23)21(15)10-11-1-2-11/h3-4,6-7,11,13,15H,1-2,5,8-10,19H2,(H,20,22)/t13?,15-/m0/s1. The van der Waals surface area contributed by atoms with Gasteiger partial charge in [0.1, 0.15) is 0 Å². The minimum absolute atomic E-state index is 0.0756. The summed E-state index contributed by atoms with van der Waals surface area (Å²) in [6.07, 6.45) is 4.11. The van der Waals surface area contributed by atoms with Gasteiger partial charge in [-0.2, -0.15) is 0 Å². The Hall–Kier alpha value is -1.59. The molecule has 1 aromatic rings. The highest BCUT2D eigenvalue weighted by molar-refractivity contribution is 6.30. The quantitative estimate of drug-likeness (QED) is 0.493. The number of carbonyl (C=O) groups excluding carboxylic acids is 2. The summed E-state index contributed by atoms with van der Waals surface area (Å²) in [5, 5.41) is 0.696. The van der Waals surface area contributed by atoms with Gasteiger partial charge in [-0.15, -0.1) is 0 Å². The van der Waals surface area contributed by atoms with Crippen LogP contribution in [0.25, 0.3) is 0 Å². The number of benzene rings is 1. The maximum atomic E-state index is 12.9. The molecule has 2 amide bonds. The van der Waals surface area contributed by atoms with Crippen LogP contribution in [0.3, 0.4) is 0 Å².